The molecule has 0 radical (unpaired) electrons. The van der Waals surface area contributed by atoms with Gasteiger partial charge in [-0.3, -0.25) is 19.8 Å². The molecule has 1 heterocycles. The van der Waals surface area contributed by atoms with Crippen molar-refractivity contribution in [3.05, 3.63) is 34.9 Å². The minimum Gasteiger partial charge on any atom is -0.299 e. The van der Waals surface area contributed by atoms with E-state index in [1.54, 1.807) is 6.92 Å². The van der Waals surface area contributed by atoms with Gasteiger partial charge in [-0.15, -0.1) is 0 Å². The van der Waals surface area contributed by atoms with Crippen LogP contribution in [0.5, 0.6) is 0 Å². The average molecular weight is 282 g/mol. The summed E-state index contributed by atoms with van der Waals surface area (Å²) in [5, 5.41) is 2.87. The van der Waals surface area contributed by atoms with Gasteiger partial charge in [-0.05, 0) is 31.5 Å². The number of nitrogens with zero attached hydrogens (tertiary/aromatic N) is 1. The molecule has 0 aliphatic carbocycles. The van der Waals surface area contributed by atoms with Crippen LogP contribution in [0.25, 0.3) is 0 Å². The highest BCUT2D eigenvalue weighted by Crippen LogP contribution is 2.22. The summed E-state index contributed by atoms with van der Waals surface area (Å²) in [6, 6.07) is 0.980. The zero-order chi connectivity index (χ0) is 15.0. The zero-order valence-corrected chi connectivity index (χ0v) is 11.5. The summed E-state index contributed by atoms with van der Waals surface area (Å²) >= 11 is 0. The van der Waals surface area contributed by atoms with Gasteiger partial charge in [-0.25, -0.2) is 8.78 Å². The normalized spacial score (nSPS) is 20.6. The van der Waals surface area contributed by atoms with Crippen molar-refractivity contribution in [3.63, 3.8) is 0 Å². The van der Waals surface area contributed by atoms with Crippen LogP contribution in [0, 0.1) is 18.6 Å². The Morgan fingerprint density at radius 3 is 2.50 bits per heavy atom. The molecule has 0 aromatic heterocycles. The van der Waals surface area contributed by atoms with Crippen LogP contribution < -0.4 is 5.32 Å². The lowest BCUT2D eigenvalue weighted by atomic mass is 10.0. The van der Waals surface area contributed by atoms with Gasteiger partial charge in [0.05, 0.1) is 12.5 Å². The molecule has 1 aromatic carbocycles. The van der Waals surface area contributed by atoms with Gasteiger partial charge >= 0.3 is 0 Å². The molecule has 2 unspecified atom stereocenters. The lowest BCUT2D eigenvalue weighted by Crippen LogP contribution is -2.38. The number of hydrogen-bond donors (Lipinski definition) is 1. The molecule has 4 nitrogen and oxygen atoms in total. The number of likely N-dealkylation sites (N-methyl/N-ethyl adjacent to an activating group) is 1. The highest BCUT2D eigenvalue weighted by molar-refractivity contribution is 6.05. The van der Waals surface area contributed by atoms with E-state index >= 15 is 0 Å². The first-order chi connectivity index (χ1) is 9.31. The van der Waals surface area contributed by atoms with Crippen LogP contribution in [0.15, 0.2) is 12.1 Å². The third kappa shape index (κ3) is 2.56. The number of halogens is 2. The Hall–Kier alpha value is -1.82. The SMILES string of the molecule is Cc1cc(F)c(C(C)NC2CC(=O)N(C)C2=O)cc1F. The fourth-order valence-corrected chi connectivity index (χ4v) is 2.27. The second-order valence-corrected chi connectivity index (χ2v) is 5.06. The predicted octanol–water partition coefficient (Wildman–Crippen LogP) is 1.68. The van der Waals surface area contributed by atoms with Gasteiger partial charge in [0.25, 0.3) is 0 Å². The number of rotatable bonds is 3. The van der Waals surface area contributed by atoms with E-state index in [2.05, 4.69) is 5.32 Å². The van der Waals surface area contributed by atoms with Crippen molar-refractivity contribution in [2.75, 3.05) is 7.05 Å². The van der Waals surface area contributed by atoms with Crippen LogP contribution in [0.4, 0.5) is 8.78 Å². The molecule has 0 saturated carbocycles. The Labute approximate surface area is 115 Å². The van der Waals surface area contributed by atoms with Crippen molar-refractivity contribution >= 4 is 11.8 Å². The summed E-state index contributed by atoms with van der Waals surface area (Å²) in [5.74, 6) is -1.67. The standard InChI is InChI=1S/C14H16F2N2O2/c1-7-4-11(16)9(5-10(7)15)8(2)17-12-6-13(19)18(3)14(12)20/h4-5,8,12,17H,6H2,1-3H3. The average Bonchev–Trinajstić information content (AvgIpc) is 2.61. The Balaban J connectivity index is 2.17. The molecule has 1 fully saturated rings. The number of nitrogens with one attached hydrogen (secondary N) is 1. The van der Waals surface area contributed by atoms with Crippen molar-refractivity contribution in [3.8, 4) is 0 Å². The van der Waals surface area contributed by atoms with Crippen LogP contribution >= 0.6 is 0 Å². The smallest absolute Gasteiger partial charge is 0.246 e. The molecular weight excluding hydrogens is 266 g/mol. The molecule has 0 spiro atoms. The molecule has 108 valence electrons. The molecule has 2 rings (SSSR count). The Morgan fingerprint density at radius 1 is 1.30 bits per heavy atom. The van der Waals surface area contributed by atoms with Gasteiger partial charge in [-0.2, -0.15) is 0 Å². The molecule has 2 amide bonds. The van der Waals surface area contributed by atoms with Gasteiger partial charge in [0.1, 0.15) is 11.6 Å². The minimum absolute atomic E-state index is 0.0373. The van der Waals surface area contributed by atoms with E-state index in [1.807, 2.05) is 0 Å². The molecule has 1 saturated heterocycles. The number of carbonyl (C=O) groups excluding carboxylic acids is 2. The maximum atomic E-state index is 13.8. The predicted molar refractivity (Wildman–Crippen MR) is 68.8 cm³/mol. The molecule has 20 heavy (non-hydrogen) atoms. The molecule has 6 heteroatoms. The Morgan fingerprint density at radius 2 is 1.95 bits per heavy atom. The summed E-state index contributed by atoms with van der Waals surface area (Å²) in [6.07, 6.45) is 0.0373. The zero-order valence-electron chi connectivity index (χ0n) is 11.5. The monoisotopic (exact) mass is 282 g/mol. The topological polar surface area (TPSA) is 49.4 Å². The van der Waals surface area contributed by atoms with Crippen molar-refractivity contribution in [1.82, 2.24) is 10.2 Å². The summed E-state index contributed by atoms with van der Waals surface area (Å²) in [6.45, 7) is 3.11. The highest BCUT2D eigenvalue weighted by atomic mass is 19.1. The van der Waals surface area contributed by atoms with Crippen molar-refractivity contribution in [1.29, 1.82) is 0 Å². The van der Waals surface area contributed by atoms with Crippen molar-refractivity contribution < 1.29 is 18.4 Å². The minimum atomic E-state index is -0.689. The number of hydrogen-bond acceptors (Lipinski definition) is 3. The molecule has 1 N–H and O–H groups in total. The van der Waals surface area contributed by atoms with E-state index in [0.29, 0.717) is 0 Å². The Kier molecular flexibility index (Phi) is 3.85. The van der Waals surface area contributed by atoms with E-state index in [1.165, 1.54) is 14.0 Å². The van der Waals surface area contributed by atoms with E-state index in [4.69, 9.17) is 0 Å². The number of carbonyl (C=O) groups is 2. The third-order valence-electron chi connectivity index (χ3n) is 3.58. The van der Waals surface area contributed by atoms with E-state index in [9.17, 15) is 18.4 Å². The number of amides is 2. The molecule has 0 bridgehead atoms. The van der Waals surface area contributed by atoms with Gasteiger partial charge < -0.3 is 0 Å². The summed E-state index contributed by atoms with van der Waals surface area (Å²) in [5.41, 5.74) is 0.369. The van der Waals surface area contributed by atoms with Crippen LogP contribution in [-0.4, -0.2) is 29.8 Å². The second kappa shape index (κ2) is 5.28. The lowest BCUT2D eigenvalue weighted by Gasteiger charge is -2.19. The largest absolute Gasteiger partial charge is 0.299 e. The van der Waals surface area contributed by atoms with Gasteiger partial charge in [0, 0.05) is 18.7 Å². The fraction of sp³-hybridized carbons (Fsp3) is 0.429. The lowest BCUT2D eigenvalue weighted by molar-refractivity contribution is -0.137. The molecule has 1 aliphatic heterocycles. The summed E-state index contributed by atoms with van der Waals surface area (Å²) in [4.78, 5) is 24.2. The quantitative estimate of drug-likeness (QED) is 0.858. The van der Waals surface area contributed by atoms with Crippen molar-refractivity contribution in [2.45, 2.75) is 32.4 Å². The first-order valence-electron chi connectivity index (χ1n) is 6.33. The Bertz CT molecular complexity index is 575. The van der Waals surface area contributed by atoms with Gasteiger partial charge in [-0.1, -0.05) is 0 Å². The molecule has 1 aliphatic rings. The van der Waals surface area contributed by atoms with Crippen LogP contribution in [-0.2, 0) is 9.59 Å². The summed E-state index contributed by atoms with van der Waals surface area (Å²) < 4.78 is 27.3. The second-order valence-electron chi connectivity index (χ2n) is 5.06. The molecule has 1 aromatic rings. The molecular formula is C14H16F2N2O2. The van der Waals surface area contributed by atoms with E-state index in [0.717, 1.165) is 17.0 Å². The maximum Gasteiger partial charge on any atom is 0.246 e. The highest BCUT2D eigenvalue weighted by Gasteiger charge is 2.36. The first-order valence-corrected chi connectivity index (χ1v) is 6.33. The number of likely N-dealkylation sites (tertiary alicyclic amines) is 1. The number of imide groups is 1. The van der Waals surface area contributed by atoms with E-state index < -0.39 is 23.7 Å². The van der Waals surface area contributed by atoms with Crippen molar-refractivity contribution in [2.24, 2.45) is 0 Å². The fourth-order valence-electron chi connectivity index (χ4n) is 2.27. The molecule has 2 atom stereocenters. The number of benzene rings is 1. The first kappa shape index (κ1) is 14.6. The van der Waals surface area contributed by atoms with E-state index in [-0.39, 0.29) is 29.4 Å². The van der Waals surface area contributed by atoms with Crippen LogP contribution in [0.3, 0.4) is 0 Å². The summed E-state index contributed by atoms with van der Waals surface area (Å²) in [7, 11) is 1.41. The van der Waals surface area contributed by atoms with Crippen LogP contribution in [0.2, 0.25) is 0 Å². The maximum absolute atomic E-state index is 13.8. The van der Waals surface area contributed by atoms with Gasteiger partial charge in [0.15, 0.2) is 0 Å². The van der Waals surface area contributed by atoms with Crippen LogP contribution in [0.1, 0.15) is 30.5 Å². The third-order valence-corrected chi connectivity index (χ3v) is 3.58. The van der Waals surface area contributed by atoms with Gasteiger partial charge in [0.2, 0.25) is 11.8 Å². The number of aryl methyl sites for hydroxylation is 1.